The third-order valence-electron chi connectivity index (χ3n) is 8.16. The van der Waals surface area contributed by atoms with Gasteiger partial charge in [-0.05, 0) is 74.4 Å². The number of rotatable bonds is 7. The molecule has 1 aliphatic carbocycles. The lowest BCUT2D eigenvalue weighted by Crippen LogP contribution is -2.27. The molecule has 39 heavy (non-hydrogen) atoms. The standard InChI is InChI=1S/C32H33N5O2/c1-32(2)38-29-24(17-27(30(29)39-32)37-15-14-25-19-33-20-35-31(25)37)11-9-21-8-10-23-12-13-28(36-26(23)16-21)34-18-22-6-4-3-5-7-22/h3-8,10,12-16,19-20,24,27,29-30H,9,11,17-18H2,1-2H3,(H,34,36)/t24-,27+,29+,30-/m0/s1. The van der Waals surface area contributed by atoms with Crippen LogP contribution in [0.25, 0.3) is 21.9 Å². The van der Waals surface area contributed by atoms with Crippen LogP contribution in [0.3, 0.4) is 0 Å². The molecule has 0 radical (unpaired) electrons. The van der Waals surface area contributed by atoms with E-state index >= 15 is 0 Å². The van der Waals surface area contributed by atoms with Crippen molar-refractivity contribution in [1.82, 2.24) is 19.5 Å². The average Bonchev–Trinajstić information content (AvgIpc) is 3.61. The van der Waals surface area contributed by atoms with Gasteiger partial charge in [0.1, 0.15) is 23.9 Å². The largest absolute Gasteiger partial charge is 0.366 e. The van der Waals surface area contributed by atoms with Gasteiger partial charge >= 0.3 is 0 Å². The molecule has 198 valence electrons. The Morgan fingerprint density at radius 3 is 2.69 bits per heavy atom. The van der Waals surface area contributed by atoms with Crippen molar-refractivity contribution in [2.45, 2.75) is 63.7 Å². The van der Waals surface area contributed by atoms with Gasteiger partial charge in [-0.25, -0.2) is 15.0 Å². The summed E-state index contributed by atoms with van der Waals surface area (Å²) < 4.78 is 15.2. The van der Waals surface area contributed by atoms with Crippen LogP contribution in [0.4, 0.5) is 5.82 Å². The number of ether oxygens (including phenoxy) is 2. The number of benzene rings is 2. The van der Waals surface area contributed by atoms with Crippen molar-refractivity contribution < 1.29 is 9.47 Å². The van der Waals surface area contributed by atoms with E-state index in [9.17, 15) is 0 Å². The van der Waals surface area contributed by atoms with E-state index in [1.165, 1.54) is 11.1 Å². The van der Waals surface area contributed by atoms with Crippen molar-refractivity contribution in [1.29, 1.82) is 0 Å². The SMILES string of the molecule is CC1(C)O[C@@H]2[C@@H](CCc3ccc4ccc(NCc5ccccc5)nc4c3)C[C@@H](n3ccc4cncnc43)[C@@H]2O1. The first-order valence-corrected chi connectivity index (χ1v) is 13.8. The number of fused-ring (bicyclic) bond motifs is 3. The van der Waals surface area contributed by atoms with Crippen molar-refractivity contribution >= 4 is 27.8 Å². The summed E-state index contributed by atoms with van der Waals surface area (Å²) in [7, 11) is 0. The maximum atomic E-state index is 6.47. The average molecular weight is 520 g/mol. The van der Waals surface area contributed by atoms with Gasteiger partial charge < -0.3 is 19.4 Å². The topological polar surface area (TPSA) is 74.1 Å². The molecule has 7 nitrogen and oxygen atoms in total. The molecule has 4 atom stereocenters. The van der Waals surface area contributed by atoms with Gasteiger partial charge in [0.25, 0.3) is 0 Å². The summed E-state index contributed by atoms with van der Waals surface area (Å²) >= 11 is 0. The summed E-state index contributed by atoms with van der Waals surface area (Å²) in [6.45, 7) is 4.80. The lowest BCUT2D eigenvalue weighted by atomic mass is 9.95. The van der Waals surface area contributed by atoms with Crippen LogP contribution in [0.15, 0.2) is 85.5 Å². The van der Waals surface area contributed by atoms with Crippen LogP contribution in [0.5, 0.6) is 0 Å². The fourth-order valence-electron chi connectivity index (χ4n) is 6.34. The summed E-state index contributed by atoms with van der Waals surface area (Å²) in [5.74, 6) is 0.704. The lowest BCUT2D eigenvalue weighted by Gasteiger charge is -2.24. The zero-order chi connectivity index (χ0) is 26.4. The maximum absolute atomic E-state index is 6.47. The van der Waals surface area contributed by atoms with Crippen molar-refractivity contribution in [3.05, 3.63) is 96.6 Å². The van der Waals surface area contributed by atoms with Crippen LogP contribution in [0, 0.1) is 5.92 Å². The van der Waals surface area contributed by atoms with Gasteiger partial charge in [0.2, 0.25) is 0 Å². The van der Waals surface area contributed by atoms with Crippen molar-refractivity contribution in [3.8, 4) is 0 Å². The predicted octanol–water partition coefficient (Wildman–Crippen LogP) is 6.31. The molecule has 1 aliphatic heterocycles. The van der Waals surface area contributed by atoms with Crippen molar-refractivity contribution in [2.75, 3.05) is 5.32 Å². The molecule has 2 fully saturated rings. The fraction of sp³-hybridized carbons (Fsp3) is 0.344. The summed E-state index contributed by atoms with van der Waals surface area (Å²) in [5.41, 5.74) is 4.52. The Bertz CT molecular complexity index is 1620. The first-order chi connectivity index (χ1) is 19.0. The number of aryl methyl sites for hydroxylation is 1. The molecule has 4 heterocycles. The molecule has 7 heteroatoms. The Balaban J connectivity index is 1.08. The van der Waals surface area contributed by atoms with Crippen LogP contribution >= 0.6 is 0 Å². The summed E-state index contributed by atoms with van der Waals surface area (Å²) in [4.78, 5) is 13.7. The molecule has 5 aromatic rings. The third-order valence-corrected chi connectivity index (χ3v) is 8.16. The molecule has 1 saturated heterocycles. The first-order valence-electron chi connectivity index (χ1n) is 13.8. The number of aromatic nitrogens is 4. The highest BCUT2D eigenvalue weighted by molar-refractivity contribution is 5.81. The molecule has 0 unspecified atom stereocenters. The number of nitrogens with one attached hydrogen (secondary N) is 1. The quantitative estimate of drug-likeness (QED) is 0.272. The van der Waals surface area contributed by atoms with Crippen LogP contribution < -0.4 is 5.32 Å². The van der Waals surface area contributed by atoms with Crippen molar-refractivity contribution in [3.63, 3.8) is 0 Å². The Kier molecular flexibility index (Phi) is 6.05. The highest BCUT2D eigenvalue weighted by Gasteiger charge is 2.54. The van der Waals surface area contributed by atoms with E-state index in [-0.39, 0.29) is 18.2 Å². The lowest BCUT2D eigenvalue weighted by molar-refractivity contribution is -0.160. The normalized spacial score (nSPS) is 23.8. The van der Waals surface area contributed by atoms with Crippen LogP contribution in [0.1, 0.15) is 43.9 Å². The van der Waals surface area contributed by atoms with E-state index in [0.29, 0.717) is 5.92 Å². The minimum absolute atomic E-state index is 0.00656. The molecule has 0 bridgehead atoms. The minimum Gasteiger partial charge on any atom is -0.366 e. The van der Waals surface area contributed by atoms with Gasteiger partial charge in [0.15, 0.2) is 5.79 Å². The number of nitrogens with zero attached hydrogens (tertiary/aromatic N) is 4. The monoisotopic (exact) mass is 519 g/mol. The molecule has 0 spiro atoms. The number of pyridine rings is 1. The van der Waals surface area contributed by atoms with Crippen LogP contribution in [-0.4, -0.2) is 37.5 Å². The zero-order valence-corrected chi connectivity index (χ0v) is 22.3. The van der Waals surface area contributed by atoms with E-state index in [1.54, 1.807) is 6.33 Å². The van der Waals surface area contributed by atoms with Gasteiger partial charge in [-0.3, -0.25) is 0 Å². The highest BCUT2D eigenvalue weighted by Crippen LogP contribution is 2.49. The third kappa shape index (κ3) is 4.77. The number of anilines is 1. The van der Waals surface area contributed by atoms with Crippen LogP contribution in [0.2, 0.25) is 0 Å². The Morgan fingerprint density at radius 2 is 1.79 bits per heavy atom. The second-order valence-electron chi connectivity index (χ2n) is 11.3. The minimum atomic E-state index is -0.583. The molecule has 7 rings (SSSR count). The molecular formula is C32H33N5O2. The van der Waals surface area contributed by atoms with E-state index in [1.807, 2.05) is 26.1 Å². The Labute approximate surface area is 228 Å². The molecule has 2 aromatic carbocycles. The van der Waals surface area contributed by atoms with E-state index in [4.69, 9.17) is 14.5 Å². The molecule has 2 aliphatic rings. The summed E-state index contributed by atoms with van der Waals surface area (Å²) in [5, 5.41) is 5.67. The van der Waals surface area contributed by atoms with Gasteiger partial charge in [-0.15, -0.1) is 0 Å². The van der Waals surface area contributed by atoms with E-state index in [0.717, 1.165) is 53.6 Å². The second kappa shape index (κ2) is 9.74. The van der Waals surface area contributed by atoms with Crippen LogP contribution in [-0.2, 0) is 22.4 Å². The second-order valence-corrected chi connectivity index (χ2v) is 11.3. The van der Waals surface area contributed by atoms with Gasteiger partial charge in [0.05, 0.1) is 17.7 Å². The van der Waals surface area contributed by atoms with Crippen molar-refractivity contribution in [2.24, 2.45) is 5.92 Å². The summed E-state index contributed by atoms with van der Waals surface area (Å²) in [6, 6.07) is 23.5. The van der Waals surface area contributed by atoms with Gasteiger partial charge in [0, 0.05) is 29.7 Å². The number of hydrogen-bond acceptors (Lipinski definition) is 6. The molecule has 1 saturated carbocycles. The molecule has 0 amide bonds. The molecular weight excluding hydrogens is 486 g/mol. The summed E-state index contributed by atoms with van der Waals surface area (Å²) in [6.07, 6.45) is 8.68. The van der Waals surface area contributed by atoms with Gasteiger partial charge in [-0.2, -0.15) is 0 Å². The maximum Gasteiger partial charge on any atom is 0.163 e. The van der Waals surface area contributed by atoms with E-state index in [2.05, 4.69) is 86.7 Å². The Hall–Kier alpha value is -3.81. The fourth-order valence-corrected chi connectivity index (χ4v) is 6.34. The zero-order valence-electron chi connectivity index (χ0n) is 22.3. The Morgan fingerprint density at radius 1 is 0.949 bits per heavy atom. The smallest absolute Gasteiger partial charge is 0.163 e. The predicted molar refractivity (Wildman–Crippen MR) is 152 cm³/mol. The molecule has 1 N–H and O–H groups in total. The van der Waals surface area contributed by atoms with E-state index < -0.39 is 5.79 Å². The first kappa shape index (κ1) is 24.2. The molecule has 3 aromatic heterocycles. The highest BCUT2D eigenvalue weighted by atomic mass is 16.8. The van der Waals surface area contributed by atoms with Gasteiger partial charge in [-0.1, -0.05) is 42.5 Å². The number of hydrogen-bond donors (Lipinski definition) is 1.